The standard InChI is InChI=1S/C24H25N3O4/c1-2-17-7-9-18(10-8-17)22(29)26-15-13-25(14-16-26)21(28)11-12-27-23(30)19-5-3-4-6-20(19)24(27)31/h3-10H,2,11-16H2,1H3. The number of nitrogens with zero attached hydrogens (tertiary/aromatic N) is 3. The van der Waals surface area contributed by atoms with Gasteiger partial charge in [-0.15, -0.1) is 0 Å². The third-order valence-corrected chi connectivity index (χ3v) is 5.96. The van der Waals surface area contributed by atoms with E-state index in [2.05, 4.69) is 6.92 Å². The van der Waals surface area contributed by atoms with Crippen LogP contribution in [0.1, 0.15) is 50.0 Å². The molecule has 0 aromatic heterocycles. The van der Waals surface area contributed by atoms with Crippen LogP contribution in [-0.2, 0) is 11.2 Å². The van der Waals surface area contributed by atoms with Crippen LogP contribution in [-0.4, -0.2) is 71.1 Å². The van der Waals surface area contributed by atoms with Gasteiger partial charge in [0.25, 0.3) is 17.7 Å². The van der Waals surface area contributed by atoms with E-state index >= 15 is 0 Å². The van der Waals surface area contributed by atoms with Crippen LogP contribution in [0.4, 0.5) is 0 Å². The van der Waals surface area contributed by atoms with Crippen LogP contribution in [0.15, 0.2) is 48.5 Å². The molecular formula is C24H25N3O4. The highest BCUT2D eigenvalue weighted by atomic mass is 16.2. The van der Waals surface area contributed by atoms with Crippen LogP contribution in [0.2, 0.25) is 0 Å². The van der Waals surface area contributed by atoms with E-state index in [1.165, 1.54) is 5.56 Å². The Morgan fingerprint density at radius 2 is 1.35 bits per heavy atom. The van der Waals surface area contributed by atoms with Gasteiger partial charge in [0.1, 0.15) is 0 Å². The van der Waals surface area contributed by atoms with E-state index in [-0.39, 0.29) is 36.6 Å². The molecule has 0 atom stereocenters. The lowest BCUT2D eigenvalue weighted by Crippen LogP contribution is -2.51. The monoisotopic (exact) mass is 419 g/mol. The van der Waals surface area contributed by atoms with Crippen molar-refractivity contribution in [3.63, 3.8) is 0 Å². The Hall–Kier alpha value is -3.48. The maximum Gasteiger partial charge on any atom is 0.261 e. The molecule has 4 rings (SSSR count). The van der Waals surface area contributed by atoms with Crippen LogP contribution in [0.5, 0.6) is 0 Å². The lowest BCUT2D eigenvalue weighted by atomic mass is 10.1. The summed E-state index contributed by atoms with van der Waals surface area (Å²) in [4.78, 5) is 54.8. The Bertz CT molecular complexity index is 988. The molecule has 0 spiro atoms. The van der Waals surface area contributed by atoms with Crippen molar-refractivity contribution in [3.05, 3.63) is 70.8 Å². The van der Waals surface area contributed by atoms with Gasteiger partial charge >= 0.3 is 0 Å². The van der Waals surface area contributed by atoms with Gasteiger partial charge in [0.2, 0.25) is 5.91 Å². The van der Waals surface area contributed by atoms with Crippen LogP contribution in [0.25, 0.3) is 0 Å². The summed E-state index contributed by atoms with van der Waals surface area (Å²) in [6.07, 6.45) is 1.01. The van der Waals surface area contributed by atoms with Crippen LogP contribution in [0, 0.1) is 0 Å². The van der Waals surface area contributed by atoms with Crippen molar-refractivity contribution in [2.75, 3.05) is 32.7 Å². The summed E-state index contributed by atoms with van der Waals surface area (Å²) >= 11 is 0. The lowest BCUT2D eigenvalue weighted by molar-refractivity contribution is -0.132. The average Bonchev–Trinajstić information content (AvgIpc) is 3.07. The van der Waals surface area contributed by atoms with E-state index in [1.54, 1.807) is 34.1 Å². The fourth-order valence-electron chi connectivity index (χ4n) is 4.03. The number of fused-ring (bicyclic) bond motifs is 1. The highest BCUT2D eigenvalue weighted by molar-refractivity contribution is 6.21. The number of imide groups is 1. The molecule has 1 saturated heterocycles. The van der Waals surface area contributed by atoms with E-state index in [9.17, 15) is 19.2 Å². The first-order valence-corrected chi connectivity index (χ1v) is 10.6. The number of benzene rings is 2. The number of carbonyl (C=O) groups is 4. The fourth-order valence-corrected chi connectivity index (χ4v) is 4.03. The Labute approximate surface area is 181 Å². The number of hydrogen-bond acceptors (Lipinski definition) is 4. The Morgan fingerprint density at radius 3 is 1.90 bits per heavy atom. The highest BCUT2D eigenvalue weighted by Crippen LogP contribution is 2.22. The molecule has 2 heterocycles. The number of piperazine rings is 1. The molecule has 31 heavy (non-hydrogen) atoms. The molecule has 0 radical (unpaired) electrons. The van der Waals surface area contributed by atoms with Gasteiger partial charge in [0, 0.05) is 44.7 Å². The highest BCUT2D eigenvalue weighted by Gasteiger charge is 2.35. The minimum absolute atomic E-state index is 0.0271. The van der Waals surface area contributed by atoms with Crippen molar-refractivity contribution in [3.8, 4) is 0 Å². The van der Waals surface area contributed by atoms with Gasteiger partial charge in [-0.25, -0.2) is 0 Å². The first kappa shape index (κ1) is 20.8. The van der Waals surface area contributed by atoms with Gasteiger partial charge in [-0.05, 0) is 36.2 Å². The van der Waals surface area contributed by atoms with Gasteiger partial charge in [-0.2, -0.15) is 0 Å². The third-order valence-electron chi connectivity index (χ3n) is 5.96. The number of amides is 4. The predicted molar refractivity (Wildman–Crippen MR) is 115 cm³/mol. The van der Waals surface area contributed by atoms with E-state index in [4.69, 9.17) is 0 Å². The van der Waals surface area contributed by atoms with E-state index in [0.717, 1.165) is 11.3 Å². The van der Waals surface area contributed by atoms with E-state index in [0.29, 0.717) is 42.9 Å². The molecule has 0 bridgehead atoms. The summed E-state index contributed by atoms with van der Waals surface area (Å²) < 4.78 is 0. The van der Waals surface area contributed by atoms with Crippen LogP contribution < -0.4 is 0 Å². The second kappa shape index (κ2) is 8.71. The van der Waals surface area contributed by atoms with Crippen molar-refractivity contribution in [2.45, 2.75) is 19.8 Å². The molecule has 0 unspecified atom stereocenters. The molecule has 4 amide bonds. The number of carbonyl (C=O) groups excluding carboxylic acids is 4. The van der Waals surface area contributed by atoms with Gasteiger partial charge in [-0.1, -0.05) is 31.2 Å². The molecular weight excluding hydrogens is 394 g/mol. The normalized spacial score (nSPS) is 16.0. The molecule has 0 aliphatic carbocycles. The molecule has 2 aliphatic rings. The number of hydrogen-bond donors (Lipinski definition) is 0. The summed E-state index contributed by atoms with van der Waals surface area (Å²) in [5, 5.41) is 0. The molecule has 160 valence electrons. The van der Waals surface area contributed by atoms with Crippen molar-refractivity contribution in [2.24, 2.45) is 0 Å². The smallest absolute Gasteiger partial charge is 0.261 e. The van der Waals surface area contributed by atoms with Gasteiger partial charge in [-0.3, -0.25) is 24.1 Å². The Morgan fingerprint density at radius 1 is 0.806 bits per heavy atom. The van der Waals surface area contributed by atoms with Gasteiger partial charge in [0.15, 0.2) is 0 Å². The maximum atomic E-state index is 12.7. The third kappa shape index (κ3) is 4.08. The minimum Gasteiger partial charge on any atom is -0.339 e. The summed E-state index contributed by atoms with van der Waals surface area (Å²) in [7, 11) is 0. The maximum absolute atomic E-state index is 12.7. The van der Waals surface area contributed by atoms with Gasteiger partial charge < -0.3 is 9.80 Å². The summed E-state index contributed by atoms with van der Waals surface area (Å²) in [6.45, 7) is 3.95. The molecule has 2 aromatic carbocycles. The molecule has 2 aliphatic heterocycles. The van der Waals surface area contributed by atoms with Gasteiger partial charge in [0.05, 0.1) is 11.1 Å². The Balaban J connectivity index is 1.28. The first-order valence-electron chi connectivity index (χ1n) is 10.6. The van der Waals surface area contributed by atoms with Crippen molar-refractivity contribution in [1.29, 1.82) is 0 Å². The van der Waals surface area contributed by atoms with Crippen molar-refractivity contribution < 1.29 is 19.2 Å². The topological polar surface area (TPSA) is 78.0 Å². The van der Waals surface area contributed by atoms with Crippen molar-refractivity contribution >= 4 is 23.6 Å². The quantitative estimate of drug-likeness (QED) is 0.697. The number of rotatable bonds is 5. The zero-order chi connectivity index (χ0) is 22.0. The average molecular weight is 419 g/mol. The molecule has 0 N–H and O–H groups in total. The molecule has 7 nitrogen and oxygen atoms in total. The zero-order valence-corrected chi connectivity index (χ0v) is 17.5. The lowest BCUT2D eigenvalue weighted by Gasteiger charge is -2.35. The molecule has 2 aromatic rings. The SMILES string of the molecule is CCc1ccc(C(=O)N2CCN(C(=O)CCN3C(=O)c4ccccc4C3=O)CC2)cc1. The van der Waals surface area contributed by atoms with Crippen LogP contribution in [0.3, 0.4) is 0 Å². The van der Waals surface area contributed by atoms with Crippen LogP contribution >= 0.6 is 0 Å². The van der Waals surface area contributed by atoms with E-state index in [1.807, 2.05) is 24.3 Å². The first-order chi connectivity index (χ1) is 15.0. The summed E-state index contributed by atoms with van der Waals surface area (Å²) in [6, 6.07) is 14.3. The number of aryl methyl sites for hydroxylation is 1. The zero-order valence-electron chi connectivity index (χ0n) is 17.5. The fraction of sp³-hybridized carbons (Fsp3) is 0.333. The minimum atomic E-state index is -0.349. The second-order valence-corrected chi connectivity index (χ2v) is 7.78. The van der Waals surface area contributed by atoms with E-state index < -0.39 is 0 Å². The summed E-state index contributed by atoms with van der Waals surface area (Å²) in [5.74, 6) is -0.840. The second-order valence-electron chi connectivity index (χ2n) is 7.78. The molecule has 1 fully saturated rings. The predicted octanol–water partition coefficient (Wildman–Crippen LogP) is 2.22. The molecule has 0 saturated carbocycles. The molecule has 7 heteroatoms. The largest absolute Gasteiger partial charge is 0.339 e. The van der Waals surface area contributed by atoms with Crippen molar-refractivity contribution in [1.82, 2.24) is 14.7 Å². The summed E-state index contributed by atoms with van der Waals surface area (Å²) in [5.41, 5.74) is 2.62. The Kier molecular flexibility index (Phi) is 5.84.